The maximum atomic E-state index is 13.6. The number of carbonyl (C=O) groups excluding carboxylic acids is 2. The summed E-state index contributed by atoms with van der Waals surface area (Å²) >= 11 is 1.45. The summed E-state index contributed by atoms with van der Waals surface area (Å²) in [5.41, 5.74) is 4.71. The Kier molecular flexibility index (Phi) is 4.97. The van der Waals surface area contributed by atoms with Gasteiger partial charge in [0.1, 0.15) is 0 Å². The van der Waals surface area contributed by atoms with Crippen LogP contribution in [-0.2, 0) is 9.59 Å². The summed E-state index contributed by atoms with van der Waals surface area (Å²) < 4.78 is 1.02. The summed E-state index contributed by atoms with van der Waals surface area (Å²) in [7, 11) is 0. The van der Waals surface area contributed by atoms with Crippen LogP contribution in [0.15, 0.2) is 77.1 Å². The second-order valence-corrected chi connectivity index (χ2v) is 10.3. The lowest BCUT2D eigenvalue weighted by Gasteiger charge is -2.39. The second-order valence-electron chi connectivity index (χ2n) is 9.28. The number of amides is 1. The molecule has 2 N–H and O–H groups in total. The van der Waals surface area contributed by atoms with Crippen molar-refractivity contribution in [1.29, 1.82) is 0 Å². The highest BCUT2D eigenvalue weighted by Gasteiger charge is 2.42. The van der Waals surface area contributed by atoms with Crippen molar-refractivity contribution in [2.24, 2.45) is 5.41 Å². The number of nitrogens with one attached hydrogen (secondary N) is 2. The smallest absolute Gasteiger partial charge is 0.256 e. The molecular formula is C26H25N3O2S. The van der Waals surface area contributed by atoms with Gasteiger partial charge in [0.05, 0.1) is 10.2 Å². The lowest BCUT2D eigenvalue weighted by Crippen LogP contribution is -2.39. The van der Waals surface area contributed by atoms with Crippen LogP contribution in [0.1, 0.15) is 45.1 Å². The quantitative estimate of drug-likeness (QED) is 0.558. The number of thiazole rings is 1. The third-order valence-corrected chi connectivity index (χ3v) is 7.08. The summed E-state index contributed by atoms with van der Waals surface area (Å²) in [5, 5.41) is 6.96. The number of ketones is 1. The van der Waals surface area contributed by atoms with Crippen molar-refractivity contribution in [3.05, 3.63) is 82.7 Å². The molecular weight excluding hydrogens is 418 g/mol. The first-order valence-electron chi connectivity index (χ1n) is 10.8. The maximum absolute atomic E-state index is 13.6. The molecule has 2 heterocycles. The van der Waals surface area contributed by atoms with E-state index in [0.29, 0.717) is 17.1 Å². The van der Waals surface area contributed by atoms with E-state index in [4.69, 9.17) is 0 Å². The molecule has 1 atom stereocenters. The Morgan fingerprint density at radius 2 is 1.81 bits per heavy atom. The number of dihydropyridines is 1. The van der Waals surface area contributed by atoms with E-state index in [2.05, 4.69) is 29.5 Å². The largest absolute Gasteiger partial charge is 0.362 e. The van der Waals surface area contributed by atoms with E-state index in [1.807, 2.05) is 61.5 Å². The molecule has 162 valence electrons. The summed E-state index contributed by atoms with van der Waals surface area (Å²) in [5.74, 6) is -0.520. The molecule has 0 radical (unpaired) electrons. The molecule has 0 saturated heterocycles. The Morgan fingerprint density at radius 1 is 1.09 bits per heavy atom. The first-order chi connectivity index (χ1) is 15.3. The Balaban J connectivity index is 1.57. The van der Waals surface area contributed by atoms with Crippen molar-refractivity contribution in [3.8, 4) is 0 Å². The molecule has 0 saturated carbocycles. The second kappa shape index (κ2) is 7.71. The zero-order valence-electron chi connectivity index (χ0n) is 18.4. The zero-order chi connectivity index (χ0) is 22.5. The third kappa shape index (κ3) is 3.65. The molecule has 3 aromatic rings. The predicted octanol–water partition coefficient (Wildman–Crippen LogP) is 5.54. The molecule has 6 heteroatoms. The average molecular weight is 444 g/mol. The highest BCUT2D eigenvalue weighted by Crippen LogP contribution is 2.46. The molecule has 0 unspecified atom stereocenters. The first kappa shape index (κ1) is 20.6. The number of anilines is 1. The fourth-order valence-electron chi connectivity index (χ4n) is 4.81. The number of nitrogens with zero attached hydrogens (tertiary/aromatic N) is 1. The molecule has 2 aromatic carbocycles. The number of benzene rings is 2. The molecule has 1 aliphatic heterocycles. The van der Waals surface area contributed by atoms with E-state index in [0.717, 1.165) is 39.2 Å². The van der Waals surface area contributed by atoms with Gasteiger partial charge < -0.3 is 5.32 Å². The van der Waals surface area contributed by atoms with Gasteiger partial charge in [0.25, 0.3) is 5.91 Å². The summed E-state index contributed by atoms with van der Waals surface area (Å²) in [6.45, 7) is 6.14. The van der Waals surface area contributed by atoms with Crippen LogP contribution in [0.3, 0.4) is 0 Å². The molecule has 5 rings (SSSR count). The van der Waals surface area contributed by atoms with Crippen molar-refractivity contribution < 1.29 is 9.59 Å². The fourth-order valence-corrected chi connectivity index (χ4v) is 5.67. The van der Waals surface area contributed by atoms with E-state index >= 15 is 0 Å². The number of aromatic nitrogens is 1. The lowest BCUT2D eigenvalue weighted by molar-refractivity contribution is -0.118. The zero-order valence-corrected chi connectivity index (χ0v) is 19.2. The van der Waals surface area contributed by atoms with Gasteiger partial charge in [0.15, 0.2) is 10.9 Å². The molecule has 0 bridgehead atoms. The minimum Gasteiger partial charge on any atom is -0.362 e. The van der Waals surface area contributed by atoms with Crippen molar-refractivity contribution in [1.82, 2.24) is 10.3 Å². The van der Waals surface area contributed by atoms with Gasteiger partial charge in [0.2, 0.25) is 0 Å². The topological polar surface area (TPSA) is 71.1 Å². The molecule has 0 spiro atoms. The van der Waals surface area contributed by atoms with Gasteiger partial charge in [0, 0.05) is 34.9 Å². The summed E-state index contributed by atoms with van der Waals surface area (Å²) in [4.78, 5) is 31.4. The van der Waals surface area contributed by atoms with Crippen LogP contribution in [0.25, 0.3) is 10.2 Å². The van der Waals surface area contributed by atoms with Crippen LogP contribution in [-0.4, -0.2) is 16.7 Å². The van der Waals surface area contributed by atoms with Gasteiger partial charge in [-0.1, -0.05) is 67.6 Å². The van der Waals surface area contributed by atoms with Crippen LogP contribution >= 0.6 is 11.3 Å². The molecule has 1 aliphatic carbocycles. The van der Waals surface area contributed by atoms with Crippen LogP contribution in [0.4, 0.5) is 5.13 Å². The number of hydrogen-bond donors (Lipinski definition) is 2. The molecule has 1 aromatic heterocycles. The highest BCUT2D eigenvalue weighted by atomic mass is 32.1. The van der Waals surface area contributed by atoms with Gasteiger partial charge >= 0.3 is 0 Å². The number of rotatable bonds is 3. The Hall–Kier alpha value is -3.25. The number of hydrogen-bond acceptors (Lipinski definition) is 5. The normalized spacial score (nSPS) is 20.2. The molecule has 1 amide bonds. The van der Waals surface area contributed by atoms with E-state index in [1.165, 1.54) is 11.3 Å². The fraction of sp³-hybridized carbons (Fsp3) is 0.269. The number of allylic oxidation sites excluding steroid dienone is 3. The van der Waals surface area contributed by atoms with Gasteiger partial charge in [-0.2, -0.15) is 0 Å². The SMILES string of the molecule is CC1=C(C(=O)Nc2nc3ccccc3s2)[C@@H](c2ccccc2)C2=C(CC(C)(C)CC2=O)N1. The van der Waals surface area contributed by atoms with E-state index < -0.39 is 5.92 Å². The number of carbonyl (C=O) groups is 2. The van der Waals surface area contributed by atoms with Crippen LogP contribution in [0.2, 0.25) is 0 Å². The summed E-state index contributed by atoms with van der Waals surface area (Å²) in [6, 6.07) is 17.6. The number of Topliss-reactive ketones (excluding diaryl/α,β-unsaturated/α-hetero) is 1. The van der Waals surface area contributed by atoms with Gasteiger partial charge in [-0.15, -0.1) is 0 Å². The van der Waals surface area contributed by atoms with E-state index in [-0.39, 0.29) is 17.1 Å². The number of fused-ring (bicyclic) bond motifs is 1. The Morgan fingerprint density at radius 3 is 2.56 bits per heavy atom. The lowest BCUT2D eigenvalue weighted by atomic mass is 9.68. The van der Waals surface area contributed by atoms with Crippen LogP contribution < -0.4 is 10.6 Å². The minimum atomic E-state index is -0.398. The van der Waals surface area contributed by atoms with E-state index in [9.17, 15) is 9.59 Å². The molecule has 2 aliphatic rings. The van der Waals surface area contributed by atoms with Crippen molar-refractivity contribution in [3.63, 3.8) is 0 Å². The highest BCUT2D eigenvalue weighted by molar-refractivity contribution is 7.22. The van der Waals surface area contributed by atoms with Crippen molar-refractivity contribution in [2.45, 2.75) is 39.5 Å². The summed E-state index contributed by atoms with van der Waals surface area (Å²) in [6.07, 6.45) is 1.25. The van der Waals surface area contributed by atoms with Crippen molar-refractivity contribution in [2.75, 3.05) is 5.32 Å². The molecule has 0 fully saturated rings. The van der Waals surface area contributed by atoms with Crippen molar-refractivity contribution >= 4 is 38.4 Å². The number of para-hydroxylation sites is 1. The Bertz CT molecular complexity index is 1270. The molecule has 5 nitrogen and oxygen atoms in total. The van der Waals surface area contributed by atoms with Gasteiger partial charge in [-0.25, -0.2) is 4.98 Å². The Labute approximate surface area is 191 Å². The van der Waals surface area contributed by atoms with Crippen LogP contribution in [0, 0.1) is 5.41 Å². The molecule has 32 heavy (non-hydrogen) atoms. The van der Waals surface area contributed by atoms with Gasteiger partial charge in [-0.05, 0) is 36.5 Å². The van der Waals surface area contributed by atoms with Gasteiger partial charge in [-0.3, -0.25) is 14.9 Å². The maximum Gasteiger partial charge on any atom is 0.256 e. The average Bonchev–Trinajstić information content (AvgIpc) is 3.14. The van der Waals surface area contributed by atoms with E-state index in [1.54, 1.807) is 0 Å². The standard InChI is InChI=1S/C26H25N3O2S/c1-15-21(24(31)29-25-28-17-11-7-8-12-20(17)32-25)22(16-9-5-4-6-10-16)23-18(27-15)13-26(2,3)14-19(23)30/h4-12,22,27H,13-14H2,1-3H3,(H,28,29,31)/t22-/m1/s1. The van der Waals surface area contributed by atoms with Crippen LogP contribution in [0.5, 0.6) is 0 Å². The third-order valence-electron chi connectivity index (χ3n) is 6.13. The first-order valence-corrected chi connectivity index (χ1v) is 11.6. The minimum absolute atomic E-state index is 0.106. The predicted molar refractivity (Wildman–Crippen MR) is 128 cm³/mol. The monoisotopic (exact) mass is 443 g/mol.